The van der Waals surface area contributed by atoms with E-state index in [0.29, 0.717) is 17.8 Å². The molecular formula is C18H15N3O2S. The number of rotatable bonds is 2. The SMILES string of the molecule is O=C(c1ccc(-c2cscn2)nc1)N1CCCc2cccc(O)c21. The van der Waals surface area contributed by atoms with Gasteiger partial charge in [0.2, 0.25) is 0 Å². The number of carbonyl (C=O) groups excluding carboxylic acids is 1. The van der Waals surface area contributed by atoms with Crippen molar-refractivity contribution in [2.45, 2.75) is 12.8 Å². The Morgan fingerprint density at radius 3 is 2.83 bits per heavy atom. The van der Waals surface area contributed by atoms with Crippen molar-refractivity contribution in [3.8, 4) is 17.1 Å². The number of benzene rings is 1. The van der Waals surface area contributed by atoms with Gasteiger partial charge in [-0.1, -0.05) is 12.1 Å². The molecule has 0 fully saturated rings. The van der Waals surface area contributed by atoms with Crippen LogP contribution in [-0.4, -0.2) is 27.5 Å². The van der Waals surface area contributed by atoms with E-state index in [1.807, 2.05) is 17.5 Å². The monoisotopic (exact) mass is 337 g/mol. The number of anilines is 1. The highest BCUT2D eigenvalue weighted by Gasteiger charge is 2.26. The first kappa shape index (κ1) is 14.8. The van der Waals surface area contributed by atoms with Crippen LogP contribution in [0.2, 0.25) is 0 Å². The third kappa shape index (κ3) is 2.55. The molecule has 3 aromatic rings. The zero-order chi connectivity index (χ0) is 16.5. The number of carbonyl (C=O) groups is 1. The standard InChI is InChI=1S/C18H15N3O2S/c22-16-5-1-3-12-4-2-8-21(17(12)16)18(23)13-6-7-14(19-9-13)15-10-24-11-20-15/h1,3,5-7,9-11,22H,2,4,8H2. The van der Waals surface area contributed by atoms with E-state index >= 15 is 0 Å². The van der Waals surface area contributed by atoms with E-state index in [1.54, 1.807) is 34.8 Å². The molecule has 1 amide bonds. The normalized spacial score (nSPS) is 13.6. The van der Waals surface area contributed by atoms with Crippen molar-refractivity contribution in [3.63, 3.8) is 0 Å². The predicted molar refractivity (Wildman–Crippen MR) is 93.4 cm³/mol. The van der Waals surface area contributed by atoms with E-state index in [4.69, 9.17) is 0 Å². The smallest absolute Gasteiger partial charge is 0.259 e. The number of phenolic OH excluding ortho intramolecular Hbond substituents is 1. The van der Waals surface area contributed by atoms with Crippen molar-refractivity contribution in [1.82, 2.24) is 9.97 Å². The lowest BCUT2D eigenvalue weighted by molar-refractivity contribution is 0.0984. The highest BCUT2D eigenvalue weighted by molar-refractivity contribution is 7.07. The van der Waals surface area contributed by atoms with Crippen LogP contribution in [0, 0.1) is 0 Å². The van der Waals surface area contributed by atoms with E-state index in [1.165, 1.54) is 11.3 Å². The second-order valence-electron chi connectivity index (χ2n) is 5.65. The zero-order valence-corrected chi connectivity index (χ0v) is 13.7. The Bertz CT molecular complexity index is 876. The number of aromatic hydroxyl groups is 1. The molecular weight excluding hydrogens is 322 g/mol. The van der Waals surface area contributed by atoms with Gasteiger partial charge in [0, 0.05) is 18.1 Å². The van der Waals surface area contributed by atoms with Gasteiger partial charge < -0.3 is 10.0 Å². The molecule has 1 N–H and O–H groups in total. The largest absolute Gasteiger partial charge is 0.506 e. The summed E-state index contributed by atoms with van der Waals surface area (Å²) in [5, 5.41) is 12.1. The summed E-state index contributed by atoms with van der Waals surface area (Å²) in [7, 11) is 0. The van der Waals surface area contributed by atoms with Crippen LogP contribution < -0.4 is 4.90 Å². The lowest BCUT2D eigenvalue weighted by atomic mass is 10.00. The van der Waals surface area contributed by atoms with Crippen LogP contribution in [0.5, 0.6) is 5.75 Å². The lowest BCUT2D eigenvalue weighted by Crippen LogP contribution is -2.35. The van der Waals surface area contributed by atoms with E-state index < -0.39 is 0 Å². The van der Waals surface area contributed by atoms with Gasteiger partial charge in [-0.2, -0.15) is 0 Å². The number of fused-ring (bicyclic) bond motifs is 1. The molecule has 24 heavy (non-hydrogen) atoms. The number of para-hydroxylation sites is 1. The van der Waals surface area contributed by atoms with Gasteiger partial charge in [-0.15, -0.1) is 11.3 Å². The Hall–Kier alpha value is -2.73. The van der Waals surface area contributed by atoms with Crippen LogP contribution in [-0.2, 0) is 6.42 Å². The van der Waals surface area contributed by atoms with Crippen LogP contribution in [0.4, 0.5) is 5.69 Å². The van der Waals surface area contributed by atoms with Gasteiger partial charge in [0.15, 0.2) is 0 Å². The molecule has 0 atom stereocenters. The fourth-order valence-electron chi connectivity index (χ4n) is 3.00. The third-order valence-corrected chi connectivity index (χ3v) is 4.73. The minimum Gasteiger partial charge on any atom is -0.506 e. The molecule has 5 nitrogen and oxygen atoms in total. The molecule has 0 spiro atoms. The number of nitrogens with zero attached hydrogens (tertiary/aromatic N) is 3. The number of hydrogen-bond acceptors (Lipinski definition) is 5. The van der Waals surface area contributed by atoms with Crippen molar-refractivity contribution < 1.29 is 9.90 Å². The summed E-state index contributed by atoms with van der Waals surface area (Å²) in [5.74, 6) is 0.00220. The van der Waals surface area contributed by atoms with Crippen LogP contribution in [0.25, 0.3) is 11.4 Å². The fourth-order valence-corrected chi connectivity index (χ4v) is 3.55. The third-order valence-electron chi connectivity index (χ3n) is 4.15. The Balaban J connectivity index is 1.66. The maximum Gasteiger partial charge on any atom is 0.259 e. The molecule has 1 aliphatic heterocycles. The van der Waals surface area contributed by atoms with Crippen LogP contribution >= 0.6 is 11.3 Å². The second-order valence-corrected chi connectivity index (χ2v) is 6.37. The quantitative estimate of drug-likeness (QED) is 0.777. The average Bonchev–Trinajstić information content (AvgIpc) is 3.16. The van der Waals surface area contributed by atoms with Crippen molar-refractivity contribution in [1.29, 1.82) is 0 Å². The molecule has 1 aliphatic rings. The number of aryl methyl sites for hydroxylation is 1. The summed E-state index contributed by atoms with van der Waals surface area (Å²) < 4.78 is 0. The number of pyridine rings is 1. The van der Waals surface area contributed by atoms with Gasteiger partial charge in [-0.25, -0.2) is 4.98 Å². The van der Waals surface area contributed by atoms with Crippen molar-refractivity contribution in [3.05, 3.63) is 58.5 Å². The Kier molecular flexibility index (Phi) is 3.74. The van der Waals surface area contributed by atoms with Crippen LogP contribution in [0.3, 0.4) is 0 Å². The summed E-state index contributed by atoms with van der Waals surface area (Å²) in [4.78, 5) is 23.1. The van der Waals surface area contributed by atoms with E-state index in [0.717, 1.165) is 29.8 Å². The number of aromatic nitrogens is 2. The van der Waals surface area contributed by atoms with E-state index in [2.05, 4.69) is 9.97 Å². The van der Waals surface area contributed by atoms with E-state index in [-0.39, 0.29) is 11.7 Å². The second kappa shape index (κ2) is 6.05. The molecule has 1 aromatic carbocycles. The molecule has 4 rings (SSSR count). The van der Waals surface area contributed by atoms with Crippen LogP contribution in [0.15, 0.2) is 47.4 Å². The van der Waals surface area contributed by atoms with Gasteiger partial charge in [0.1, 0.15) is 5.75 Å². The molecule has 0 unspecified atom stereocenters. The van der Waals surface area contributed by atoms with Gasteiger partial charge in [-0.3, -0.25) is 9.78 Å². The number of thiazole rings is 1. The van der Waals surface area contributed by atoms with Crippen molar-refractivity contribution >= 4 is 22.9 Å². The summed E-state index contributed by atoms with van der Waals surface area (Å²) in [5.41, 5.74) is 5.43. The van der Waals surface area contributed by atoms with Gasteiger partial charge >= 0.3 is 0 Å². The maximum absolute atomic E-state index is 12.9. The first-order valence-corrected chi connectivity index (χ1v) is 8.65. The summed E-state index contributed by atoms with van der Waals surface area (Å²) >= 11 is 1.51. The molecule has 0 saturated heterocycles. The van der Waals surface area contributed by atoms with Crippen molar-refractivity contribution in [2.24, 2.45) is 0 Å². The molecule has 3 heterocycles. The Labute approximate surface area is 143 Å². The molecule has 6 heteroatoms. The zero-order valence-electron chi connectivity index (χ0n) is 12.8. The Morgan fingerprint density at radius 2 is 2.08 bits per heavy atom. The molecule has 0 aliphatic carbocycles. The van der Waals surface area contributed by atoms with Gasteiger partial charge in [-0.05, 0) is 36.6 Å². The first-order valence-electron chi connectivity index (χ1n) is 7.71. The van der Waals surface area contributed by atoms with E-state index in [9.17, 15) is 9.90 Å². The highest BCUT2D eigenvalue weighted by atomic mass is 32.1. The summed E-state index contributed by atoms with van der Waals surface area (Å²) in [6, 6.07) is 8.95. The average molecular weight is 337 g/mol. The van der Waals surface area contributed by atoms with Gasteiger partial charge in [0.05, 0.1) is 28.1 Å². The number of hydrogen-bond donors (Lipinski definition) is 1. The van der Waals surface area contributed by atoms with Gasteiger partial charge in [0.25, 0.3) is 5.91 Å². The molecule has 2 aromatic heterocycles. The molecule has 0 saturated carbocycles. The minimum absolute atomic E-state index is 0.144. The molecule has 0 bridgehead atoms. The molecule has 120 valence electrons. The van der Waals surface area contributed by atoms with Crippen molar-refractivity contribution in [2.75, 3.05) is 11.4 Å². The lowest BCUT2D eigenvalue weighted by Gasteiger charge is -2.30. The highest BCUT2D eigenvalue weighted by Crippen LogP contribution is 2.36. The summed E-state index contributed by atoms with van der Waals surface area (Å²) in [6.07, 6.45) is 3.33. The molecule has 0 radical (unpaired) electrons. The first-order chi connectivity index (χ1) is 11.7. The fraction of sp³-hybridized carbons (Fsp3) is 0.167. The number of phenols is 1. The topological polar surface area (TPSA) is 66.3 Å². The maximum atomic E-state index is 12.9. The minimum atomic E-state index is -0.144. The Morgan fingerprint density at radius 1 is 1.17 bits per heavy atom. The predicted octanol–water partition coefficient (Wildman–Crippen LogP) is 3.50. The number of amides is 1. The van der Waals surface area contributed by atoms with Crippen LogP contribution in [0.1, 0.15) is 22.3 Å². The summed E-state index contributed by atoms with van der Waals surface area (Å²) in [6.45, 7) is 0.594.